The fraction of sp³-hybridized carbons (Fsp3) is 0.333. The maximum atomic E-state index is 9.50. The predicted molar refractivity (Wildman–Crippen MR) is 46.9 cm³/mol. The molecule has 0 saturated carbocycles. The van der Waals surface area contributed by atoms with Crippen molar-refractivity contribution < 1.29 is 14.9 Å². The summed E-state index contributed by atoms with van der Waals surface area (Å²) in [5.74, 6) is 0.0494. The zero-order valence-corrected chi connectivity index (χ0v) is 7.08. The van der Waals surface area contributed by atoms with Gasteiger partial charge in [0.05, 0.1) is 6.61 Å². The largest absolute Gasteiger partial charge is 0.504 e. The Morgan fingerprint density at radius 2 is 2.15 bits per heavy atom. The lowest BCUT2D eigenvalue weighted by molar-refractivity contribution is 0.323. The molecule has 2 rings (SSSR count). The number of benzene rings is 1. The Kier molecular flexibility index (Phi) is 1.77. The molecule has 0 aromatic heterocycles. The SMILES string of the molecule is NCc1cc2c(c(O)c1O)OCC2. The second-order valence-corrected chi connectivity index (χ2v) is 3.02. The van der Waals surface area contributed by atoms with E-state index in [1.165, 1.54) is 0 Å². The molecule has 0 fully saturated rings. The molecule has 13 heavy (non-hydrogen) atoms. The van der Waals surface area contributed by atoms with Crippen molar-refractivity contribution in [2.75, 3.05) is 6.61 Å². The van der Waals surface area contributed by atoms with E-state index >= 15 is 0 Å². The van der Waals surface area contributed by atoms with E-state index in [-0.39, 0.29) is 18.0 Å². The van der Waals surface area contributed by atoms with Gasteiger partial charge in [-0.2, -0.15) is 0 Å². The highest BCUT2D eigenvalue weighted by Gasteiger charge is 2.21. The summed E-state index contributed by atoms with van der Waals surface area (Å²) in [5, 5.41) is 19.0. The number of aromatic hydroxyl groups is 2. The topological polar surface area (TPSA) is 75.7 Å². The molecule has 1 aromatic carbocycles. The van der Waals surface area contributed by atoms with Crippen molar-refractivity contribution in [1.82, 2.24) is 0 Å². The molecule has 4 heteroatoms. The Balaban J connectivity index is 2.61. The summed E-state index contributed by atoms with van der Waals surface area (Å²) in [6, 6.07) is 1.78. The summed E-state index contributed by atoms with van der Waals surface area (Å²) in [6.07, 6.45) is 0.760. The van der Waals surface area contributed by atoms with E-state index in [2.05, 4.69) is 0 Å². The van der Waals surface area contributed by atoms with Gasteiger partial charge in [-0.3, -0.25) is 0 Å². The highest BCUT2D eigenvalue weighted by Crippen LogP contribution is 2.43. The summed E-state index contributed by atoms with van der Waals surface area (Å²) < 4.78 is 5.16. The average molecular weight is 181 g/mol. The van der Waals surface area contributed by atoms with Crippen LogP contribution in [0.2, 0.25) is 0 Å². The number of hydrogen-bond donors (Lipinski definition) is 3. The number of phenolic OH excluding ortho intramolecular Hbond substituents is 2. The fourth-order valence-electron chi connectivity index (χ4n) is 1.52. The van der Waals surface area contributed by atoms with Gasteiger partial charge in [-0.05, 0) is 6.07 Å². The Bertz CT molecular complexity index is 348. The van der Waals surface area contributed by atoms with E-state index in [4.69, 9.17) is 10.5 Å². The van der Waals surface area contributed by atoms with E-state index in [1.54, 1.807) is 6.07 Å². The van der Waals surface area contributed by atoms with Gasteiger partial charge in [0.2, 0.25) is 5.75 Å². The van der Waals surface area contributed by atoms with E-state index in [9.17, 15) is 10.2 Å². The molecule has 4 nitrogen and oxygen atoms in total. The van der Waals surface area contributed by atoms with Crippen LogP contribution in [0, 0.1) is 0 Å². The smallest absolute Gasteiger partial charge is 0.201 e. The zero-order chi connectivity index (χ0) is 9.42. The lowest BCUT2D eigenvalue weighted by Gasteiger charge is -2.08. The molecule has 70 valence electrons. The van der Waals surface area contributed by atoms with E-state index in [0.29, 0.717) is 17.9 Å². The van der Waals surface area contributed by atoms with E-state index in [0.717, 1.165) is 12.0 Å². The summed E-state index contributed by atoms with van der Waals surface area (Å²) in [4.78, 5) is 0. The lowest BCUT2D eigenvalue weighted by atomic mass is 10.1. The van der Waals surface area contributed by atoms with E-state index in [1.807, 2.05) is 0 Å². The molecule has 1 heterocycles. The summed E-state index contributed by atoms with van der Waals surface area (Å²) in [7, 11) is 0. The Hall–Kier alpha value is -1.42. The van der Waals surface area contributed by atoms with Crippen LogP contribution >= 0.6 is 0 Å². The van der Waals surface area contributed by atoms with Crippen molar-refractivity contribution in [2.45, 2.75) is 13.0 Å². The van der Waals surface area contributed by atoms with Crippen LogP contribution in [0.1, 0.15) is 11.1 Å². The van der Waals surface area contributed by atoms with Crippen LogP contribution in [0.15, 0.2) is 6.07 Å². The molecule has 1 aliphatic heterocycles. The van der Waals surface area contributed by atoms with Crippen LogP contribution in [0.4, 0.5) is 0 Å². The van der Waals surface area contributed by atoms with Crippen LogP contribution in [-0.4, -0.2) is 16.8 Å². The van der Waals surface area contributed by atoms with Crippen molar-refractivity contribution in [1.29, 1.82) is 0 Å². The molecular formula is C9H11NO3. The number of nitrogens with two attached hydrogens (primary N) is 1. The second-order valence-electron chi connectivity index (χ2n) is 3.02. The molecule has 0 unspecified atom stereocenters. The molecule has 4 N–H and O–H groups in total. The van der Waals surface area contributed by atoms with Crippen molar-refractivity contribution >= 4 is 0 Å². The lowest BCUT2D eigenvalue weighted by Crippen LogP contribution is -1.97. The fourth-order valence-corrected chi connectivity index (χ4v) is 1.52. The van der Waals surface area contributed by atoms with Crippen molar-refractivity contribution in [3.05, 3.63) is 17.2 Å². The number of ether oxygens (including phenoxy) is 1. The first-order valence-electron chi connectivity index (χ1n) is 4.13. The summed E-state index contributed by atoms with van der Waals surface area (Å²) in [5.41, 5.74) is 6.87. The highest BCUT2D eigenvalue weighted by molar-refractivity contribution is 5.59. The molecule has 0 saturated heterocycles. The second kappa shape index (κ2) is 2.81. The van der Waals surface area contributed by atoms with Gasteiger partial charge in [0.1, 0.15) is 0 Å². The normalized spacial score (nSPS) is 13.9. The summed E-state index contributed by atoms with van der Waals surface area (Å²) >= 11 is 0. The van der Waals surface area contributed by atoms with Gasteiger partial charge < -0.3 is 20.7 Å². The molecule has 0 radical (unpaired) electrons. The average Bonchev–Trinajstić information content (AvgIpc) is 2.59. The molecule has 1 aromatic rings. The standard InChI is InChI=1S/C9H11NO3/c10-4-6-3-5-1-2-13-9(5)8(12)7(6)11/h3,11-12H,1-2,4,10H2. The van der Waals surface area contributed by atoms with Crippen LogP contribution in [0.25, 0.3) is 0 Å². The number of fused-ring (bicyclic) bond motifs is 1. The van der Waals surface area contributed by atoms with Crippen LogP contribution in [0.5, 0.6) is 17.2 Å². The van der Waals surface area contributed by atoms with Gasteiger partial charge in [-0.25, -0.2) is 0 Å². The molecule has 0 amide bonds. The quantitative estimate of drug-likeness (QED) is 0.551. The van der Waals surface area contributed by atoms with Gasteiger partial charge in [0.25, 0.3) is 0 Å². The molecular weight excluding hydrogens is 170 g/mol. The molecule has 0 atom stereocenters. The number of hydrogen-bond acceptors (Lipinski definition) is 4. The van der Waals surface area contributed by atoms with Crippen molar-refractivity contribution in [3.63, 3.8) is 0 Å². The van der Waals surface area contributed by atoms with Gasteiger partial charge in [-0.15, -0.1) is 0 Å². The van der Waals surface area contributed by atoms with Gasteiger partial charge >= 0.3 is 0 Å². The van der Waals surface area contributed by atoms with E-state index < -0.39 is 0 Å². The number of phenols is 2. The summed E-state index contributed by atoms with van der Waals surface area (Å²) in [6.45, 7) is 0.767. The van der Waals surface area contributed by atoms with Crippen LogP contribution in [-0.2, 0) is 13.0 Å². The minimum atomic E-state index is -0.185. The third-order valence-corrected chi connectivity index (χ3v) is 2.22. The Morgan fingerprint density at radius 3 is 2.85 bits per heavy atom. The monoisotopic (exact) mass is 181 g/mol. The number of rotatable bonds is 1. The first kappa shape index (κ1) is 8.19. The zero-order valence-electron chi connectivity index (χ0n) is 7.08. The molecule has 0 aliphatic carbocycles. The third kappa shape index (κ3) is 1.10. The highest BCUT2D eigenvalue weighted by atomic mass is 16.5. The molecule has 0 bridgehead atoms. The van der Waals surface area contributed by atoms with Crippen molar-refractivity contribution in [2.24, 2.45) is 5.73 Å². The Labute approximate surface area is 75.6 Å². The minimum Gasteiger partial charge on any atom is -0.504 e. The van der Waals surface area contributed by atoms with Crippen LogP contribution in [0.3, 0.4) is 0 Å². The maximum absolute atomic E-state index is 9.50. The van der Waals surface area contributed by atoms with Gasteiger partial charge in [0.15, 0.2) is 11.5 Å². The van der Waals surface area contributed by atoms with Gasteiger partial charge in [0, 0.05) is 24.1 Å². The Morgan fingerprint density at radius 1 is 1.38 bits per heavy atom. The maximum Gasteiger partial charge on any atom is 0.201 e. The first-order chi connectivity index (χ1) is 6.24. The molecule has 1 aliphatic rings. The first-order valence-corrected chi connectivity index (χ1v) is 4.13. The third-order valence-electron chi connectivity index (χ3n) is 2.22. The van der Waals surface area contributed by atoms with Crippen LogP contribution < -0.4 is 10.5 Å². The molecule has 0 spiro atoms. The van der Waals surface area contributed by atoms with Gasteiger partial charge in [-0.1, -0.05) is 0 Å². The van der Waals surface area contributed by atoms with Crippen molar-refractivity contribution in [3.8, 4) is 17.2 Å². The minimum absolute atomic E-state index is 0.164. The predicted octanol–water partition coefficient (Wildman–Crippen LogP) is 0.491.